The maximum atomic E-state index is 14.6. The first-order valence-corrected chi connectivity index (χ1v) is 13.0. The van der Waals surface area contributed by atoms with Gasteiger partial charge in [0.15, 0.2) is 0 Å². The summed E-state index contributed by atoms with van der Waals surface area (Å²) < 4.78 is 16.6. The predicted molar refractivity (Wildman–Crippen MR) is 131 cm³/mol. The molecule has 0 amide bonds. The summed E-state index contributed by atoms with van der Waals surface area (Å²) in [6, 6.07) is 29.6. The Bertz CT molecular complexity index is 904. The molecule has 2 N–H and O–H groups in total. The number of anilines is 3. The Morgan fingerprint density at radius 1 is 0.700 bits per heavy atom. The highest BCUT2D eigenvalue weighted by atomic mass is 32.2. The van der Waals surface area contributed by atoms with Gasteiger partial charge in [-0.15, -0.1) is 0 Å². The highest BCUT2D eigenvalue weighted by Crippen LogP contribution is 2.56. The molecular formula is C24H28N3OPS. The zero-order valence-corrected chi connectivity index (χ0v) is 18.7. The van der Waals surface area contributed by atoms with E-state index in [0.717, 1.165) is 29.9 Å². The average Bonchev–Trinajstić information content (AvgIpc) is 2.80. The summed E-state index contributed by atoms with van der Waals surface area (Å²) in [5.74, 6) is 0. The van der Waals surface area contributed by atoms with Crippen LogP contribution in [0.25, 0.3) is 0 Å². The van der Waals surface area contributed by atoms with E-state index in [0.29, 0.717) is 5.25 Å². The van der Waals surface area contributed by atoms with E-state index in [9.17, 15) is 4.57 Å². The molecule has 0 atom stereocenters. The molecular weight excluding hydrogens is 409 g/mol. The van der Waals surface area contributed by atoms with Gasteiger partial charge in [0.2, 0.25) is 0 Å². The van der Waals surface area contributed by atoms with Gasteiger partial charge >= 0.3 is 7.59 Å². The molecule has 1 aliphatic carbocycles. The first-order valence-electron chi connectivity index (χ1n) is 10.5. The Hall–Kier alpha value is -2.36. The van der Waals surface area contributed by atoms with Crippen molar-refractivity contribution in [2.24, 2.45) is 0 Å². The van der Waals surface area contributed by atoms with Gasteiger partial charge in [-0.2, -0.15) is 0 Å². The molecule has 0 radical (unpaired) electrons. The van der Waals surface area contributed by atoms with Gasteiger partial charge in [-0.05, 0) is 61.2 Å². The molecule has 0 heterocycles. The number of benzene rings is 3. The fourth-order valence-electron chi connectivity index (χ4n) is 3.65. The molecule has 4 nitrogen and oxygen atoms in total. The lowest BCUT2D eigenvalue weighted by molar-refractivity contribution is 0.516. The summed E-state index contributed by atoms with van der Waals surface area (Å²) in [6.07, 6.45) is 6.09. The SMILES string of the molecule is O=P(Nc1ccccc1)(Nc1ccccc1)N(SC1CCCCC1)c1ccccc1. The number of para-hydroxylation sites is 3. The molecule has 0 spiro atoms. The Balaban J connectivity index is 1.72. The second-order valence-electron chi connectivity index (χ2n) is 7.51. The van der Waals surface area contributed by atoms with E-state index in [-0.39, 0.29) is 0 Å². The Morgan fingerprint density at radius 2 is 1.17 bits per heavy atom. The minimum absolute atomic E-state index is 0.461. The molecule has 0 aromatic heterocycles. The third-order valence-electron chi connectivity index (χ3n) is 5.14. The van der Waals surface area contributed by atoms with E-state index in [2.05, 4.69) is 10.2 Å². The molecule has 1 aliphatic rings. The normalized spacial score (nSPS) is 14.8. The Labute approximate surface area is 183 Å². The van der Waals surface area contributed by atoms with Gasteiger partial charge in [0, 0.05) is 16.6 Å². The summed E-state index contributed by atoms with van der Waals surface area (Å²) in [5, 5.41) is 7.14. The zero-order valence-electron chi connectivity index (χ0n) is 17.0. The quantitative estimate of drug-likeness (QED) is 0.278. The molecule has 3 aromatic rings. The fraction of sp³-hybridized carbons (Fsp3) is 0.250. The van der Waals surface area contributed by atoms with Gasteiger partial charge < -0.3 is 10.2 Å². The summed E-state index contributed by atoms with van der Waals surface area (Å²) in [5.41, 5.74) is 2.59. The topological polar surface area (TPSA) is 44.4 Å². The lowest BCUT2D eigenvalue weighted by Crippen LogP contribution is -2.25. The summed E-state index contributed by atoms with van der Waals surface area (Å²) in [7, 11) is -3.27. The van der Waals surface area contributed by atoms with Gasteiger partial charge in [0.25, 0.3) is 0 Å². The third kappa shape index (κ3) is 5.41. The molecule has 6 heteroatoms. The van der Waals surface area contributed by atoms with Crippen LogP contribution in [-0.4, -0.2) is 5.25 Å². The van der Waals surface area contributed by atoms with Gasteiger partial charge in [-0.1, -0.05) is 73.9 Å². The van der Waals surface area contributed by atoms with Crippen LogP contribution in [0.1, 0.15) is 32.1 Å². The van der Waals surface area contributed by atoms with Crippen LogP contribution >= 0.6 is 19.5 Å². The van der Waals surface area contributed by atoms with Crippen molar-refractivity contribution in [1.29, 1.82) is 0 Å². The molecule has 0 unspecified atom stereocenters. The van der Waals surface area contributed by atoms with Crippen LogP contribution in [0.4, 0.5) is 17.1 Å². The highest BCUT2D eigenvalue weighted by molar-refractivity contribution is 8.08. The molecule has 0 saturated heterocycles. The van der Waals surface area contributed by atoms with E-state index in [4.69, 9.17) is 0 Å². The van der Waals surface area contributed by atoms with Gasteiger partial charge in [0.05, 0.1) is 5.69 Å². The number of nitrogens with zero attached hydrogens (tertiary/aromatic N) is 1. The van der Waals surface area contributed by atoms with Crippen LogP contribution in [0.15, 0.2) is 91.0 Å². The van der Waals surface area contributed by atoms with Crippen molar-refractivity contribution in [2.75, 3.05) is 14.3 Å². The fourth-order valence-corrected chi connectivity index (χ4v) is 7.59. The van der Waals surface area contributed by atoms with Gasteiger partial charge in [-0.25, -0.2) is 8.64 Å². The van der Waals surface area contributed by atoms with Crippen LogP contribution in [0.5, 0.6) is 0 Å². The summed E-state index contributed by atoms with van der Waals surface area (Å²) >= 11 is 1.71. The number of rotatable bonds is 8. The first-order chi connectivity index (χ1) is 14.7. The zero-order chi connectivity index (χ0) is 20.7. The number of nitrogens with one attached hydrogen (secondary N) is 2. The van der Waals surface area contributed by atoms with E-state index in [1.807, 2.05) is 95.1 Å². The van der Waals surface area contributed by atoms with Crippen LogP contribution in [-0.2, 0) is 4.57 Å². The molecule has 0 bridgehead atoms. The van der Waals surface area contributed by atoms with Crippen LogP contribution < -0.4 is 14.3 Å². The van der Waals surface area contributed by atoms with Crippen LogP contribution in [0.2, 0.25) is 0 Å². The minimum Gasteiger partial charge on any atom is -0.303 e. The van der Waals surface area contributed by atoms with Crippen molar-refractivity contribution >= 4 is 36.6 Å². The molecule has 1 saturated carbocycles. The molecule has 0 aliphatic heterocycles. The van der Waals surface area contributed by atoms with Crippen molar-refractivity contribution in [2.45, 2.75) is 37.4 Å². The van der Waals surface area contributed by atoms with Crippen molar-refractivity contribution in [1.82, 2.24) is 0 Å². The molecule has 4 rings (SSSR count). The summed E-state index contributed by atoms with van der Waals surface area (Å²) in [6.45, 7) is 0. The molecule has 1 fully saturated rings. The number of hydrogen-bond donors (Lipinski definition) is 2. The minimum atomic E-state index is -3.27. The molecule has 3 aromatic carbocycles. The van der Waals surface area contributed by atoms with Crippen molar-refractivity contribution in [3.05, 3.63) is 91.0 Å². The lowest BCUT2D eigenvalue weighted by atomic mass is 10.0. The summed E-state index contributed by atoms with van der Waals surface area (Å²) in [4.78, 5) is 0. The first kappa shape index (κ1) is 20.9. The highest BCUT2D eigenvalue weighted by Gasteiger charge is 2.35. The smallest absolute Gasteiger partial charge is 0.303 e. The second-order valence-corrected chi connectivity index (χ2v) is 11.0. The Morgan fingerprint density at radius 3 is 1.67 bits per heavy atom. The van der Waals surface area contributed by atoms with E-state index in [1.165, 1.54) is 19.3 Å². The van der Waals surface area contributed by atoms with Gasteiger partial charge in [-0.3, -0.25) is 0 Å². The lowest BCUT2D eigenvalue weighted by Gasteiger charge is -2.36. The van der Waals surface area contributed by atoms with Gasteiger partial charge in [0.1, 0.15) is 0 Å². The predicted octanol–water partition coefficient (Wildman–Crippen LogP) is 7.81. The molecule has 156 valence electrons. The maximum absolute atomic E-state index is 14.6. The maximum Gasteiger partial charge on any atom is 0.365 e. The van der Waals surface area contributed by atoms with Crippen molar-refractivity contribution in [3.8, 4) is 0 Å². The Kier molecular flexibility index (Phi) is 7.03. The van der Waals surface area contributed by atoms with Crippen molar-refractivity contribution in [3.63, 3.8) is 0 Å². The largest absolute Gasteiger partial charge is 0.365 e. The number of hydrogen-bond acceptors (Lipinski definition) is 2. The second kappa shape index (κ2) is 10.1. The standard InChI is InChI=1S/C24H28N3OPS/c28-29(25-21-13-5-1-6-14-21,26-22-15-7-2-8-16-22)27(23-17-9-3-10-18-23)30-24-19-11-4-12-20-24/h1-3,5-10,13-18,24H,4,11-12,19-20H2,(H2,25,26,28). The van der Waals surface area contributed by atoms with E-state index in [1.54, 1.807) is 11.9 Å². The van der Waals surface area contributed by atoms with Crippen molar-refractivity contribution < 1.29 is 4.57 Å². The molecule has 30 heavy (non-hydrogen) atoms. The van der Waals surface area contributed by atoms with E-state index < -0.39 is 7.59 Å². The van der Waals surface area contributed by atoms with E-state index >= 15 is 0 Å². The third-order valence-corrected chi connectivity index (χ3v) is 9.16. The van der Waals surface area contributed by atoms with Crippen LogP contribution in [0.3, 0.4) is 0 Å². The average molecular weight is 438 g/mol. The van der Waals surface area contributed by atoms with Crippen LogP contribution in [0, 0.1) is 0 Å². The monoisotopic (exact) mass is 437 g/mol.